The number of pyridine rings is 1. The number of halogens is 1. The Hall–Kier alpha value is -2.73. The van der Waals surface area contributed by atoms with Crippen molar-refractivity contribution in [2.45, 2.75) is 71.4 Å². The molecule has 1 atom stereocenters. The fourth-order valence-electron chi connectivity index (χ4n) is 6.19. The van der Waals surface area contributed by atoms with E-state index in [0.29, 0.717) is 31.3 Å². The Morgan fingerprint density at radius 3 is 2.47 bits per heavy atom. The Bertz CT molecular complexity index is 1220. The lowest BCUT2D eigenvalue weighted by molar-refractivity contribution is -0.134. The van der Waals surface area contributed by atoms with Crippen molar-refractivity contribution in [2.24, 2.45) is 0 Å². The molecule has 36 heavy (non-hydrogen) atoms. The molecule has 2 saturated heterocycles. The number of carbonyl (C=O) groups excluding carboxylic acids is 1. The van der Waals surface area contributed by atoms with E-state index in [9.17, 15) is 9.18 Å². The van der Waals surface area contributed by atoms with Crippen LogP contribution in [0.3, 0.4) is 0 Å². The number of alkyl halides is 1. The van der Waals surface area contributed by atoms with Gasteiger partial charge in [0.1, 0.15) is 6.17 Å². The van der Waals surface area contributed by atoms with Gasteiger partial charge in [-0.2, -0.15) is 0 Å². The van der Waals surface area contributed by atoms with E-state index in [1.807, 2.05) is 23.6 Å². The SMILES string of the molecule is Cc1cc(-c2[nH]c3ccc(C4CCN(C(=O)CN5CCCC(F)C5)CC4)cc3c2C(C)C)cc(C)n1. The summed E-state index contributed by atoms with van der Waals surface area (Å²) in [6.45, 7) is 11.8. The number of fused-ring (bicyclic) bond motifs is 1. The van der Waals surface area contributed by atoms with E-state index in [0.717, 1.165) is 50.3 Å². The molecule has 1 aromatic carbocycles. The molecule has 3 aromatic rings. The number of carbonyl (C=O) groups is 1. The van der Waals surface area contributed by atoms with Crippen LogP contribution in [0.1, 0.15) is 73.9 Å². The predicted molar refractivity (Wildman–Crippen MR) is 144 cm³/mol. The number of rotatable bonds is 5. The minimum atomic E-state index is -0.788. The van der Waals surface area contributed by atoms with E-state index >= 15 is 0 Å². The number of hydrogen-bond donors (Lipinski definition) is 1. The van der Waals surface area contributed by atoms with Gasteiger partial charge in [-0.25, -0.2) is 4.39 Å². The molecule has 6 heteroatoms. The number of piperidine rings is 2. The van der Waals surface area contributed by atoms with Gasteiger partial charge in [-0.3, -0.25) is 14.7 Å². The highest BCUT2D eigenvalue weighted by atomic mass is 19.1. The molecule has 4 heterocycles. The van der Waals surface area contributed by atoms with Crippen molar-refractivity contribution in [2.75, 3.05) is 32.7 Å². The third kappa shape index (κ3) is 5.19. The maximum absolute atomic E-state index is 13.7. The molecular formula is C30H39FN4O. The molecule has 2 aliphatic heterocycles. The summed E-state index contributed by atoms with van der Waals surface area (Å²) >= 11 is 0. The van der Waals surface area contributed by atoms with Gasteiger partial charge in [0, 0.05) is 47.5 Å². The first-order chi connectivity index (χ1) is 17.3. The highest BCUT2D eigenvalue weighted by Crippen LogP contribution is 2.38. The molecule has 0 spiro atoms. The average molecular weight is 491 g/mol. The van der Waals surface area contributed by atoms with E-state index < -0.39 is 6.17 Å². The van der Waals surface area contributed by atoms with Gasteiger partial charge < -0.3 is 9.88 Å². The van der Waals surface area contributed by atoms with Gasteiger partial charge in [0.05, 0.1) is 12.2 Å². The van der Waals surface area contributed by atoms with Crippen molar-refractivity contribution in [3.05, 3.63) is 52.8 Å². The summed E-state index contributed by atoms with van der Waals surface area (Å²) < 4.78 is 13.7. The fourth-order valence-corrected chi connectivity index (χ4v) is 6.19. The number of nitrogens with one attached hydrogen (secondary N) is 1. The smallest absolute Gasteiger partial charge is 0.236 e. The molecule has 192 valence electrons. The van der Waals surface area contributed by atoms with Gasteiger partial charge in [-0.05, 0) is 93.3 Å². The van der Waals surface area contributed by atoms with Gasteiger partial charge in [0.25, 0.3) is 0 Å². The Morgan fingerprint density at radius 2 is 1.81 bits per heavy atom. The van der Waals surface area contributed by atoms with Crippen LogP contribution in [0.25, 0.3) is 22.2 Å². The number of aryl methyl sites for hydroxylation is 2. The molecule has 2 aliphatic rings. The molecule has 5 rings (SSSR count). The number of benzene rings is 1. The first kappa shape index (κ1) is 24.9. The number of H-pyrrole nitrogens is 1. The molecule has 1 unspecified atom stereocenters. The lowest BCUT2D eigenvalue weighted by atomic mass is 9.87. The number of aromatic nitrogens is 2. The van der Waals surface area contributed by atoms with Gasteiger partial charge in [0.2, 0.25) is 5.91 Å². The van der Waals surface area contributed by atoms with Gasteiger partial charge >= 0.3 is 0 Å². The zero-order valence-electron chi connectivity index (χ0n) is 22.1. The van der Waals surface area contributed by atoms with Crippen LogP contribution < -0.4 is 0 Å². The molecule has 0 bridgehead atoms. The predicted octanol–water partition coefficient (Wildman–Crippen LogP) is 6.11. The maximum Gasteiger partial charge on any atom is 0.236 e. The summed E-state index contributed by atoms with van der Waals surface area (Å²) in [7, 11) is 0. The van der Waals surface area contributed by atoms with Crippen molar-refractivity contribution in [1.29, 1.82) is 0 Å². The normalized spacial score (nSPS) is 19.9. The molecule has 0 aliphatic carbocycles. The Morgan fingerprint density at radius 1 is 1.08 bits per heavy atom. The maximum atomic E-state index is 13.7. The highest BCUT2D eigenvalue weighted by Gasteiger charge is 2.27. The van der Waals surface area contributed by atoms with Crippen molar-refractivity contribution in [3.63, 3.8) is 0 Å². The Labute approximate surface area is 214 Å². The summed E-state index contributed by atoms with van der Waals surface area (Å²) in [6.07, 6.45) is 2.63. The topological polar surface area (TPSA) is 52.2 Å². The van der Waals surface area contributed by atoms with Crippen LogP contribution in [-0.4, -0.2) is 64.6 Å². The summed E-state index contributed by atoms with van der Waals surface area (Å²) in [5.41, 5.74) is 8.35. The standard InChI is InChI=1S/C30H39FN4O/c1-19(2)29-26-16-23(7-8-27(26)33-30(29)24-14-20(3)32-21(4)15-24)22-9-12-35(13-10-22)28(36)18-34-11-5-6-25(31)17-34/h7-8,14-16,19,22,25,33H,5-6,9-13,17-18H2,1-4H3. The van der Waals surface area contributed by atoms with Gasteiger partial charge in [-0.15, -0.1) is 0 Å². The molecule has 1 amide bonds. The molecule has 1 N–H and O–H groups in total. The van der Waals surface area contributed by atoms with E-state index in [-0.39, 0.29) is 5.91 Å². The molecule has 5 nitrogen and oxygen atoms in total. The fraction of sp³-hybridized carbons (Fsp3) is 0.533. The van der Waals surface area contributed by atoms with Crippen LogP contribution in [-0.2, 0) is 4.79 Å². The monoisotopic (exact) mass is 490 g/mol. The zero-order valence-corrected chi connectivity index (χ0v) is 22.1. The van der Waals surface area contributed by atoms with Crippen molar-refractivity contribution in [1.82, 2.24) is 19.8 Å². The second-order valence-corrected chi connectivity index (χ2v) is 11.1. The van der Waals surface area contributed by atoms with Crippen LogP contribution in [0.15, 0.2) is 30.3 Å². The Balaban J connectivity index is 1.32. The number of amides is 1. The highest BCUT2D eigenvalue weighted by molar-refractivity contribution is 5.92. The zero-order chi connectivity index (χ0) is 25.4. The summed E-state index contributed by atoms with van der Waals surface area (Å²) in [5, 5.41) is 1.30. The third-order valence-electron chi connectivity index (χ3n) is 7.94. The van der Waals surface area contributed by atoms with Crippen molar-refractivity contribution < 1.29 is 9.18 Å². The molecule has 0 radical (unpaired) electrons. The molecular weight excluding hydrogens is 451 g/mol. The quantitative estimate of drug-likeness (QED) is 0.469. The number of nitrogens with zero attached hydrogens (tertiary/aromatic N) is 3. The van der Waals surface area contributed by atoms with E-state index in [1.54, 1.807) is 0 Å². The Kier molecular flexibility index (Phi) is 7.16. The average Bonchev–Trinajstić information content (AvgIpc) is 3.23. The van der Waals surface area contributed by atoms with Crippen LogP contribution in [0.5, 0.6) is 0 Å². The number of likely N-dealkylation sites (tertiary alicyclic amines) is 2. The second-order valence-electron chi connectivity index (χ2n) is 11.1. The van der Waals surface area contributed by atoms with Crippen LogP contribution >= 0.6 is 0 Å². The lowest BCUT2D eigenvalue weighted by Gasteiger charge is -2.35. The first-order valence-electron chi connectivity index (χ1n) is 13.5. The summed E-state index contributed by atoms with van der Waals surface area (Å²) in [4.78, 5) is 25.1. The largest absolute Gasteiger partial charge is 0.354 e. The van der Waals surface area contributed by atoms with Gasteiger partial charge in [-0.1, -0.05) is 19.9 Å². The third-order valence-corrected chi connectivity index (χ3v) is 7.94. The van der Waals surface area contributed by atoms with E-state index in [4.69, 9.17) is 0 Å². The van der Waals surface area contributed by atoms with Crippen molar-refractivity contribution >= 4 is 16.8 Å². The van der Waals surface area contributed by atoms with Gasteiger partial charge in [0.15, 0.2) is 0 Å². The second kappa shape index (κ2) is 10.3. The van der Waals surface area contributed by atoms with Crippen LogP contribution in [0.2, 0.25) is 0 Å². The minimum Gasteiger partial charge on any atom is -0.354 e. The number of hydrogen-bond acceptors (Lipinski definition) is 3. The number of aromatic amines is 1. The van der Waals surface area contributed by atoms with E-state index in [2.05, 4.69) is 54.1 Å². The minimum absolute atomic E-state index is 0.151. The molecule has 0 saturated carbocycles. The van der Waals surface area contributed by atoms with E-state index in [1.165, 1.54) is 33.3 Å². The first-order valence-corrected chi connectivity index (χ1v) is 13.5. The molecule has 2 aromatic heterocycles. The lowest BCUT2D eigenvalue weighted by Crippen LogP contribution is -2.46. The summed E-state index contributed by atoms with van der Waals surface area (Å²) in [6, 6.07) is 11.2. The van der Waals surface area contributed by atoms with Crippen molar-refractivity contribution in [3.8, 4) is 11.3 Å². The summed E-state index contributed by atoms with van der Waals surface area (Å²) in [5.74, 6) is 0.988. The van der Waals surface area contributed by atoms with Crippen LogP contribution in [0.4, 0.5) is 4.39 Å². The van der Waals surface area contributed by atoms with Crippen LogP contribution in [0, 0.1) is 13.8 Å². The molecule has 2 fully saturated rings.